The molecule has 20 heteroatoms. The number of amides is 7. The van der Waals surface area contributed by atoms with Crippen LogP contribution >= 0.6 is 0 Å². The van der Waals surface area contributed by atoms with Crippen molar-refractivity contribution < 1.29 is 62.0 Å². The summed E-state index contributed by atoms with van der Waals surface area (Å²) >= 11 is 0. The highest BCUT2D eigenvalue weighted by Gasteiger charge is 2.29. The third kappa shape index (κ3) is 23.4. The molecule has 9 N–H and O–H groups in total. The predicted octanol–water partition coefficient (Wildman–Crippen LogP) is 0.685. The lowest BCUT2D eigenvalue weighted by Crippen LogP contribution is -2.54. The monoisotopic (exact) mass is 851 g/mol. The van der Waals surface area contributed by atoms with E-state index >= 15 is 0 Å². The molecule has 0 fully saturated rings. The van der Waals surface area contributed by atoms with E-state index in [1.165, 1.54) is 18.2 Å². The Morgan fingerprint density at radius 2 is 1.27 bits per heavy atom. The smallest absolute Gasteiger partial charge is 0.312 e. The Bertz CT molecular complexity index is 1560. The fraction of sp³-hybridized carbons (Fsp3) is 0.650. The van der Waals surface area contributed by atoms with Crippen molar-refractivity contribution in [2.75, 3.05) is 71.3 Å². The van der Waals surface area contributed by atoms with Crippen LogP contribution in [-0.2, 0) is 59.1 Å². The molecule has 1 aromatic carbocycles. The number of esters is 1. The molecule has 0 saturated heterocycles. The third-order valence-electron chi connectivity index (χ3n) is 8.48. The maximum atomic E-state index is 13.6. The van der Waals surface area contributed by atoms with E-state index in [-0.39, 0.29) is 86.7 Å². The number of carbonyl (C=O) groups is 8. The molecular weight excluding hydrogens is 786 g/mol. The molecule has 7 amide bonds. The van der Waals surface area contributed by atoms with Crippen LogP contribution in [0.15, 0.2) is 18.2 Å². The van der Waals surface area contributed by atoms with Gasteiger partial charge in [-0.2, -0.15) is 0 Å². The fourth-order valence-electron chi connectivity index (χ4n) is 5.02. The summed E-state index contributed by atoms with van der Waals surface area (Å²) in [6.07, 6.45) is 0.608. The quantitative estimate of drug-likeness (QED) is 0.0388. The van der Waals surface area contributed by atoms with Crippen LogP contribution in [0.2, 0.25) is 0 Å². The van der Waals surface area contributed by atoms with Crippen molar-refractivity contribution in [3.05, 3.63) is 29.3 Å². The number of primary amides is 2. The van der Waals surface area contributed by atoms with Crippen LogP contribution in [0.3, 0.4) is 0 Å². The normalized spacial score (nSPS) is 12.1. The molecule has 2 atom stereocenters. The van der Waals surface area contributed by atoms with Crippen molar-refractivity contribution in [1.29, 1.82) is 0 Å². The molecule has 0 spiro atoms. The largest absolute Gasteiger partial charge is 0.461 e. The number of anilines is 1. The van der Waals surface area contributed by atoms with Crippen LogP contribution in [0.5, 0.6) is 0 Å². The molecule has 1 aromatic rings. The van der Waals surface area contributed by atoms with Crippen LogP contribution in [0.25, 0.3) is 0 Å². The van der Waals surface area contributed by atoms with Crippen LogP contribution in [0, 0.1) is 17.8 Å². The number of Topliss-reactive ketones (excluding diaryl/α,β-unsaturated/α-hetero) is 1. The minimum Gasteiger partial charge on any atom is -0.461 e. The molecule has 1 rings (SSSR count). The SMILES string of the molecule is CC(C)C(=O)CCOCCOCCOCCOCCC(=O)N[C@H](C(=O)N[C@@H](CCCNC(N)=O)C(=O)Nc1ccc(COC(=O)C(C)C)c(C(=O)NCC(N)=O)c1)C(C)C. The van der Waals surface area contributed by atoms with Gasteiger partial charge in [-0.3, -0.25) is 33.6 Å². The maximum absolute atomic E-state index is 13.6. The topological polar surface area (TPSA) is 295 Å². The molecule has 0 unspecified atom stereocenters. The minimum absolute atomic E-state index is 0.00568. The van der Waals surface area contributed by atoms with Gasteiger partial charge in [-0.05, 0) is 30.9 Å². The number of ether oxygens (including phenoxy) is 5. The second-order valence-corrected chi connectivity index (χ2v) is 14.6. The lowest BCUT2D eigenvalue weighted by molar-refractivity contribution is -0.148. The Morgan fingerprint density at radius 3 is 1.80 bits per heavy atom. The number of nitrogens with one attached hydrogen (secondary N) is 5. The van der Waals surface area contributed by atoms with Crippen LogP contribution in [0.1, 0.15) is 83.1 Å². The van der Waals surface area contributed by atoms with Crippen molar-refractivity contribution in [1.82, 2.24) is 21.3 Å². The standard InChI is InChI=1S/C40H65N7O13/c1-25(2)32(48)11-14-56-16-18-58-20-21-59-19-17-57-15-12-34(50)47-35(26(3)4)38(53)46-31(8-7-13-43-40(42)55)37(52)45-29-10-9-28(24-60-39(54)27(5)6)30(22-29)36(51)44-23-33(41)49/h9-10,22,25-27,31,35H,7-8,11-21,23-24H2,1-6H3,(H2,41,49)(H,44,51)(H,45,52)(H,46,53)(H,47,50)(H3,42,43,55)/t31-,35-/m0/s1. The third-order valence-corrected chi connectivity index (χ3v) is 8.48. The number of urea groups is 1. The van der Waals surface area contributed by atoms with E-state index in [4.69, 9.17) is 35.2 Å². The summed E-state index contributed by atoms with van der Waals surface area (Å²) in [6.45, 7) is 12.2. The summed E-state index contributed by atoms with van der Waals surface area (Å²) in [5.41, 5.74) is 10.8. The highest BCUT2D eigenvalue weighted by Crippen LogP contribution is 2.19. The molecule has 0 aliphatic carbocycles. The molecule has 60 heavy (non-hydrogen) atoms. The van der Waals surface area contributed by atoms with Crippen LogP contribution < -0.4 is 38.1 Å². The lowest BCUT2D eigenvalue weighted by Gasteiger charge is -2.25. The van der Waals surface area contributed by atoms with Gasteiger partial charge in [0.2, 0.25) is 23.6 Å². The number of carbonyl (C=O) groups excluding carboxylic acids is 8. The van der Waals surface area contributed by atoms with Gasteiger partial charge in [0.05, 0.1) is 65.3 Å². The predicted molar refractivity (Wildman–Crippen MR) is 219 cm³/mol. The number of hydrogen-bond acceptors (Lipinski definition) is 13. The maximum Gasteiger partial charge on any atom is 0.312 e. The van der Waals surface area contributed by atoms with Gasteiger partial charge in [0, 0.05) is 42.1 Å². The second kappa shape index (κ2) is 29.9. The van der Waals surface area contributed by atoms with Crippen molar-refractivity contribution >= 4 is 53.0 Å². The van der Waals surface area contributed by atoms with Crippen LogP contribution in [-0.4, -0.2) is 125 Å². The van der Waals surface area contributed by atoms with E-state index in [1.807, 2.05) is 13.8 Å². The molecule has 0 bridgehead atoms. The van der Waals surface area contributed by atoms with Gasteiger partial charge < -0.3 is 61.7 Å². The van der Waals surface area contributed by atoms with Gasteiger partial charge in [0.15, 0.2) is 0 Å². The zero-order chi connectivity index (χ0) is 45.0. The average Bonchev–Trinajstić information content (AvgIpc) is 3.18. The Labute approximate surface area is 351 Å². The average molecular weight is 852 g/mol. The van der Waals surface area contributed by atoms with E-state index < -0.39 is 66.1 Å². The highest BCUT2D eigenvalue weighted by molar-refractivity contribution is 6.01. The Balaban J connectivity index is 2.78. The van der Waals surface area contributed by atoms with Gasteiger partial charge in [-0.1, -0.05) is 47.6 Å². The summed E-state index contributed by atoms with van der Waals surface area (Å²) in [4.78, 5) is 99.2. The van der Waals surface area contributed by atoms with Crippen molar-refractivity contribution in [3.8, 4) is 0 Å². The molecule has 0 radical (unpaired) electrons. The van der Waals surface area contributed by atoms with Gasteiger partial charge in [-0.25, -0.2) is 4.79 Å². The number of ketones is 1. The van der Waals surface area contributed by atoms with Gasteiger partial charge >= 0.3 is 12.0 Å². The summed E-state index contributed by atoms with van der Waals surface area (Å²) in [6, 6.07) is 1.29. The molecular formula is C40H65N7O13. The number of hydrogen-bond donors (Lipinski definition) is 7. The Morgan fingerprint density at radius 1 is 0.683 bits per heavy atom. The second-order valence-electron chi connectivity index (χ2n) is 14.6. The molecule has 0 aliphatic heterocycles. The lowest BCUT2D eigenvalue weighted by atomic mass is 10.0. The highest BCUT2D eigenvalue weighted by atomic mass is 16.6. The first-order chi connectivity index (χ1) is 28.4. The van der Waals surface area contributed by atoms with E-state index in [9.17, 15) is 38.4 Å². The zero-order valence-electron chi connectivity index (χ0n) is 35.7. The number of nitrogens with two attached hydrogens (primary N) is 2. The molecule has 0 heterocycles. The molecule has 338 valence electrons. The number of benzene rings is 1. The van der Waals surface area contributed by atoms with E-state index in [0.717, 1.165) is 0 Å². The Hall–Kier alpha value is -5.18. The fourth-order valence-corrected chi connectivity index (χ4v) is 5.02. The zero-order valence-corrected chi connectivity index (χ0v) is 35.7. The Kier molecular flexibility index (Phi) is 26.4. The summed E-state index contributed by atoms with van der Waals surface area (Å²) in [7, 11) is 0. The van der Waals surface area contributed by atoms with Crippen LogP contribution in [0.4, 0.5) is 10.5 Å². The first-order valence-electron chi connectivity index (χ1n) is 20.1. The molecule has 20 nitrogen and oxygen atoms in total. The van der Waals surface area contributed by atoms with E-state index in [2.05, 4.69) is 26.6 Å². The van der Waals surface area contributed by atoms with Gasteiger partial charge in [-0.15, -0.1) is 0 Å². The van der Waals surface area contributed by atoms with E-state index in [1.54, 1.807) is 27.7 Å². The van der Waals surface area contributed by atoms with E-state index in [0.29, 0.717) is 39.5 Å². The summed E-state index contributed by atoms with van der Waals surface area (Å²) in [5.74, 6) is -4.44. The summed E-state index contributed by atoms with van der Waals surface area (Å²) < 4.78 is 27.0. The van der Waals surface area contributed by atoms with Gasteiger partial charge in [0.25, 0.3) is 5.91 Å². The van der Waals surface area contributed by atoms with Crippen molar-refractivity contribution in [2.24, 2.45) is 29.2 Å². The van der Waals surface area contributed by atoms with Gasteiger partial charge in [0.1, 0.15) is 24.5 Å². The first-order valence-corrected chi connectivity index (χ1v) is 20.1. The van der Waals surface area contributed by atoms with Crippen molar-refractivity contribution in [3.63, 3.8) is 0 Å². The first kappa shape index (κ1) is 52.8. The van der Waals surface area contributed by atoms with Crippen molar-refractivity contribution in [2.45, 2.75) is 85.9 Å². The summed E-state index contributed by atoms with van der Waals surface area (Å²) in [5, 5.41) is 12.8. The number of rotatable bonds is 32. The molecule has 0 saturated carbocycles. The molecule has 0 aromatic heterocycles. The minimum atomic E-state index is -1.17. The molecule has 0 aliphatic rings.